The molecule has 0 saturated carbocycles. The molecule has 460 valence electrons. The quantitative estimate of drug-likeness (QED) is 0.0121. The van der Waals surface area contributed by atoms with E-state index in [-0.39, 0.29) is 91.2 Å². The van der Waals surface area contributed by atoms with Gasteiger partial charge in [0.1, 0.15) is 18.8 Å². The number of nitrogens with zero attached hydrogens (tertiary/aromatic N) is 5. The smallest absolute Gasteiger partial charge is 0.410 e. The first kappa shape index (κ1) is 67.2. The number of aliphatic imine (C=N–C) groups is 2. The molecule has 0 aromatic rings. The van der Waals surface area contributed by atoms with E-state index >= 15 is 0 Å². The van der Waals surface area contributed by atoms with Gasteiger partial charge in [0.15, 0.2) is 36.3 Å². The number of likely N-dealkylation sites (tertiary alicyclic amines) is 2. The highest BCUT2D eigenvalue weighted by Gasteiger charge is 2.49. The second kappa shape index (κ2) is 34.2. The number of guanidine groups is 2. The Hall–Kier alpha value is -7.33. The van der Waals surface area contributed by atoms with E-state index in [9.17, 15) is 64.2 Å². The van der Waals surface area contributed by atoms with Crippen molar-refractivity contribution in [2.75, 3.05) is 119 Å². The zero-order chi connectivity index (χ0) is 60.5. The lowest BCUT2D eigenvalue weighted by Gasteiger charge is -2.42. The Kier molecular flexibility index (Phi) is 28.0. The van der Waals surface area contributed by atoms with Gasteiger partial charge in [0.2, 0.25) is 29.2 Å². The van der Waals surface area contributed by atoms with Crippen molar-refractivity contribution in [1.29, 1.82) is 0 Å². The van der Waals surface area contributed by atoms with Crippen LogP contribution in [-0.4, -0.2) is 291 Å². The fourth-order valence-electron chi connectivity index (χ4n) is 8.43. The monoisotopic (exact) mass is 1170 g/mol. The molecule has 34 nitrogen and oxygen atoms in total. The van der Waals surface area contributed by atoms with Crippen LogP contribution in [0.15, 0.2) is 33.7 Å². The number of carbonyl (C=O) groups excluding carboxylic acids is 5. The maximum atomic E-state index is 13.6. The molecule has 0 bridgehead atoms. The number of rotatable bonds is 35. The fourth-order valence-corrected chi connectivity index (χ4v) is 8.43. The van der Waals surface area contributed by atoms with E-state index in [1.807, 2.05) is 0 Å². The van der Waals surface area contributed by atoms with Gasteiger partial charge >= 0.3 is 24.1 Å². The molecular formula is C48H75N11O23. The number of nitrogens with one attached hydrogen (secondary N) is 2. The van der Waals surface area contributed by atoms with Crippen LogP contribution in [0.4, 0.5) is 9.59 Å². The van der Waals surface area contributed by atoms with Gasteiger partial charge in [-0.1, -0.05) is 5.92 Å². The second-order valence-corrected chi connectivity index (χ2v) is 18.6. The Morgan fingerprint density at radius 2 is 1.04 bits per heavy atom. The number of ether oxygens (including phenoxy) is 10. The summed E-state index contributed by atoms with van der Waals surface area (Å²) in [6.45, 7) is 2.08. The molecule has 0 radical (unpaired) electrons. The molecule has 0 unspecified atom stereocenters. The minimum atomic E-state index is -1.85. The summed E-state index contributed by atoms with van der Waals surface area (Å²) < 4.78 is 55.9. The van der Waals surface area contributed by atoms with Crippen molar-refractivity contribution >= 4 is 53.8 Å². The predicted octanol–water partition coefficient (Wildman–Crippen LogP) is -6.95. The van der Waals surface area contributed by atoms with E-state index in [1.54, 1.807) is 0 Å². The molecule has 82 heavy (non-hydrogen) atoms. The van der Waals surface area contributed by atoms with Crippen LogP contribution in [0, 0.1) is 12.3 Å². The normalized spacial score (nSPS) is 22.0. The molecule has 16 N–H and O–H groups in total. The average molecular weight is 1170 g/mol. The Bertz CT molecular complexity index is 2170. The molecule has 4 rings (SSSR count). The van der Waals surface area contributed by atoms with E-state index in [0.29, 0.717) is 26.4 Å². The Morgan fingerprint density at radius 1 is 0.659 bits per heavy atom. The first-order valence-corrected chi connectivity index (χ1v) is 25.8. The molecule has 4 heterocycles. The number of amides is 5. The van der Waals surface area contributed by atoms with Gasteiger partial charge in [0.05, 0.1) is 142 Å². The Balaban J connectivity index is 1.34. The highest BCUT2D eigenvalue weighted by molar-refractivity contribution is 5.86. The molecule has 0 aliphatic carbocycles. The minimum Gasteiger partial charge on any atom is -0.477 e. The summed E-state index contributed by atoms with van der Waals surface area (Å²) >= 11 is 0. The fraction of sp³-hybridized carbons (Fsp3) is 0.688. The molecule has 0 spiro atoms. The third kappa shape index (κ3) is 21.5. The number of hydrogen-bond donors (Lipinski definition) is 12. The van der Waals surface area contributed by atoms with E-state index in [4.69, 9.17) is 76.7 Å². The summed E-state index contributed by atoms with van der Waals surface area (Å²) in [5, 5.41) is 66.0. The number of terminal acetylenes is 1. The minimum absolute atomic E-state index is 0.0292. The van der Waals surface area contributed by atoms with Gasteiger partial charge in [-0.05, 0) is 12.2 Å². The number of hydrogen-bond acceptors (Lipinski definition) is 23. The number of aliphatic hydroxyl groups excluding tert-OH is 4. The summed E-state index contributed by atoms with van der Waals surface area (Å²) in [7, 11) is 0. The average Bonchev–Trinajstić information content (AvgIpc) is 3.54. The lowest BCUT2D eigenvalue weighted by molar-refractivity contribution is -0.149. The van der Waals surface area contributed by atoms with Crippen molar-refractivity contribution in [3.63, 3.8) is 0 Å². The van der Waals surface area contributed by atoms with Crippen molar-refractivity contribution < 1.29 is 112 Å². The molecule has 5 amide bonds. The summed E-state index contributed by atoms with van der Waals surface area (Å²) in [6.07, 6.45) is -6.56. The Morgan fingerprint density at radius 3 is 1.38 bits per heavy atom. The number of aliphatic hydroxyl groups is 4. The summed E-state index contributed by atoms with van der Waals surface area (Å²) in [4.78, 5) is 101. The molecular weight excluding hydrogens is 1100 g/mol. The molecule has 4 aliphatic rings. The maximum Gasteiger partial charge on any atom is 0.410 e. The van der Waals surface area contributed by atoms with Gasteiger partial charge in [0, 0.05) is 26.9 Å². The molecule has 0 aromatic carbocycles. The van der Waals surface area contributed by atoms with E-state index in [1.165, 1.54) is 14.7 Å². The van der Waals surface area contributed by atoms with Crippen LogP contribution in [0.3, 0.4) is 0 Å². The highest BCUT2D eigenvalue weighted by Crippen LogP contribution is 2.30. The number of carbonyl (C=O) groups is 7. The van der Waals surface area contributed by atoms with Crippen LogP contribution < -0.4 is 33.6 Å². The zero-order valence-corrected chi connectivity index (χ0v) is 45.3. The van der Waals surface area contributed by atoms with Crippen molar-refractivity contribution in [2.24, 2.45) is 32.9 Å². The van der Waals surface area contributed by atoms with Crippen LogP contribution in [0.1, 0.15) is 20.3 Å². The van der Waals surface area contributed by atoms with E-state index < -0.39 is 146 Å². The number of aliphatic carboxylic acids is 2. The number of carboxylic acid groups (broad SMARTS) is 2. The van der Waals surface area contributed by atoms with Gasteiger partial charge in [-0.15, -0.1) is 6.42 Å². The van der Waals surface area contributed by atoms with Crippen LogP contribution >= 0.6 is 0 Å². The molecule has 0 aromatic heterocycles. The van der Waals surface area contributed by atoms with Gasteiger partial charge < -0.3 is 126 Å². The highest BCUT2D eigenvalue weighted by atomic mass is 16.6. The van der Waals surface area contributed by atoms with Crippen LogP contribution in [0.25, 0.3) is 0 Å². The van der Waals surface area contributed by atoms with Crippen LogP contribution in [0.5, 0.6) is 0 Å². The SMILES string of the molecule is C#CCOCCOCCOCCOCCC(=O)N(CCOC1CN(C(=O)O[C@@H]([C@@H]2OC(C(=O)O)=C[C@H](N=C(N)N)[C@H]2NC(C)=O)[C@H](O)CO)C1)CCOC1CN(C(=O)O[C@@H]([C@@H]2OC(C(=O)O)=C[C@H](N=C(N)N)[C@H]2NC(C)=O)[C@H](O)CO)C1. The van der Waals surface area contributed by atoms with Gasteiger partial charge in [-0.3, -0.25) is 14.4 Å². The van der Waals surface area contributed by atoms with Crippen molar-refractivity contribution in [2.45, 2.75) is 93.3 Å². The van der Waals surface area contributed by atoms with Gasteiger partial charge in [-0.25, -0.2) is 29.2 Å². The summed E-state index contributed by atoms with van der Waals surface area (Å²) in [5.41, 5.74) is 22.2. The predicted molar refractivity (Wildman–Crippen MR) is 278 cm³/mol. The number of carboxylic acids is 2. The van der Waals surface area contributed by atoms with Crippen molar-refractivity contribution in [1.82, 2.24) is 25.3 Å². The summed E-state index contributed by atoms with van der Waals surface area (Å²) in [6, 6.07) is -5.11. The zero-order valence-electron chi connectivity index (χ0n) is 45.3. The number of nitrogens with two attached hydrogens (primary N) is 4. The molecule has 2 saturated heterocycles. The van der Waals surface area contributed by atoms with Crippen LogP contribution in [0.2, 0.25) is 0 Å². The first-order valence-electron chi connectivity index (χ1n) is 25.8. The van der Waals surface area contributed by atoms with Gasteiger partial charge in [0.25, 0.3) is 0 Å². The van der Waals surface area contributed by atoms with Crippen LogP contribution in [-0.2, 0) is 71.3 Å². The van der Waals surface area contributed by atoms with Gasteiger partial charge in [-0.2, -0.15) is 0 Å². The van der Waals surface area contributed by atoms with E-state index in [0.717, 1.165) is 26.0 Å². The largest absolute Gasteiger partial charge is 0.477 e. The standard InChI is InChI=1S/C48H75N11O23/c1-4-8-73-12-14-75-16-17-76-15-13-74-9-5-36(66)57(6-10-77-28-20-58(21-28)47(71)81-39(32(64)24-60)41-37(53-26(2)62)30(55-45(49)50)18-34(79-41)43(67)68)7-11-78-29-22-59(23-29)48(72)82-40(33(65)25-61)42-38(54-27(3)63)31(56-46(51)52)19-35(80-42)44(69)70/h1,18-19,28-33,37-42,60-61,64-65H,5-17,20-25H2,2-3H3,(H,53,62)(H,54,63)(H,67,68)(H,69,70)(H4,49,50,55)(H4,51,52,56)/t30-,31-,32+,33+,37+,38+,39+,40+,41+,42+/m0/s1. The second-order valence-electron chi connectivity index (χ2n) is 18.6. The topological polar surface area (TPSA) is 496 Å². The van der Waals surface area contributed by atoms with Crippen molar-refractivity contribution in [3.05, 3.63) is 23.7 Å². The Labute approximate surface area is 470 Å². The molecule has 4 aliphatic heterocycles. The summed E-state index contributed by atoms with van der Waals surface area (Å²) in [5.74, 6) is -4.76. The maximum absolute atomic E-state index is 13.6. The molecule has 34 heteroatoms. The lowest BCUT2D eigenvalue weighted by atomic mass is 9.92. The first-order chi connectivity index (χ1) is 39.1. The molecule has 2 fully saturated rings. The third-order valence-corrected chi connectivity index (χ3v) is 12.4. The van der Waals surface area contributed by atoms with E-state index in [2.05, 4.69) is 26.5 Å². The lowest BCUT2D eigenvalue weighted by Crippen LogP contribution is -2.62. The van der Waals surface area contributed by atoms with Crippen molar-refractivity contribution in [3.8, 4) is 12.3 Å². The molecule has 10 atom stereocenters. The third-order valence-electron chi connectivity index (χ3n) is 12.4.